The van der Waals surface area contributed by atoms with Gasteiger partial charge < -0.3 is 9.15 Å². The summed E-state index contributed by atoms with van der Waals surface area (Å²) in [6.45, 7) is 3.11. The summed E-state index contributed by atoms with van der Waals surface area (Å²) in [5.74, 6) is 1.09. The fourth-order valence-electron chi connectivity index (χ4n) is 1.92. The summed E-state index contributed by atoms with van der Waals surface area (Å²) in [4.78, 5) is 0. The number of aryl methyl sites for hydroxylation is 1. The van der Waals surface area contributed by atoms with Crippen LogP contribution < -0.4 is 0 Å². The molecule has 3 heteroatoms. The maximum absolute atomic E-state index is 5.86. The first-order valence-electron chi connectivity index (χ1n) is 7.06. The van der Waals surface area contributed by atoms with Crippen LogP contribution in [0.5, 0.6) is 0 Å². The number of alkyl halides is 1. The first kappa shape index (κ1) is 15.8. The third-order valence-electron chi connectivity index (χ3n) is 3.05. The Balaban J connectivity index is 1.93. The molecule has 0 aromatic carbocycles. The average Bonchev–Trinajstić information content (AvgIpc) is 2.90. The Morgan fingerprint density at radius 2 is 2.17 bits per heavy atom. The van der Waals surface area contributed by atoms with Crippen molar-refractivity contribution in [1.29, 1.82) is 0 Å². The monoisotopic (exact) mass is 316 g/mol. The Bertz CT molecular complexity index is 272. The van der Waals surface area contributed by atoms with Crippen LogP contribution in [-0.4, -0.2) is 18.0 Å². The molecular weight excluding hydrogens is 292 g/mol. The van der Waals surface area contributed by atoms with Crippen LogP contribution in [0.1, 0.15) is 51.2 Å². The average molecular weight is 317 g/mol. The highest BCUT2D eigenvalue weighted by atomic mass is 79.9. The predicted octanol–water partition coefficient (Wildman–Crippen LogP) is 4.96. The fourth-order valence-corrected chi connectivity index (χ4v) is 2.43. The maximum atomic E-state index is 5.86. The van der Waals surface area contributed by atoms with Crippen molar-refractivity contribution in [2.75, 3.05) is 11.9 Å². The van der Waals surface area contributed by atoms with E-state index in [0.29, 0.717) is 6.10 Å². The van der Waals surface area contributed by atoms with E-state index in [1.165, 1.54) is 32.1 Å². The molecule has 0 radical (unpaired) electrons. The van der Waals surface area contributed by atoms with E-state index in [1.807, 2.05) is 12.1 Å². The molecule has 0 amide bonds. The Kier molecular flexibility index (Phi) is 9.31. The molecule has 0 aliphatic heterocycles. The van der Waals surface area contributed by atoms with Crippen molar-refractivity contribution in [2.24, 2.45) is 0 Å². The van der Waals surface area contributed by atoms with Crippen molar-refractivity contribution in [3.8, 4) is 0 Å². The van der Waals surface area contributed by atoms with E-state index >= 15 is 0 Å². The van der Waals surface area contributed by atoms with Crippen LogP contribution in [0, 0.1) is 0 Å². The molecule has 2 nitrogen and oxygen atoms in total. The third kappa shape index (κ3) is 7.22. The van der Waals surface area contributed by atoms with Gasteiger partial charge in [-0.25, -0.2) is 0 Å². The Morgan fingerprint density at radius 3 is 2.83 bits per heavy atom. The molecule has 0 aliphatic carbocycles. The van der Waals surface area contributed by atoms with E-state index in [1.54, 1.807) is 6.26 Å². The van der Waals surface area contributed by atoms with Gasteiger partial charge in [0, 0.05) is 18.4 Å². The van der Waals surface area contributed by atoms with Gasteiger partial charge in [0.25, 0.3) is 0 Å². The number of halogens is 1. The molecule has 0 spiro atoms. The highest BCUT2D eigenvalue weighted by Gasteiger charge is 2.06. The first-order valence-corrected chi connectivity index (χ1v) is 8.19. The van der Waals surface area contributed by atoms with Gasteiger partial charge in [0.05, 0.1) is 12.4 Å². The van der Waals surface area contributed by atoms with Crippen molar-refractivity contribution in [3.63, 3.8) is 0 Å². The molecule has 0 bridgehead atoms. The number of rotatable bonds is 11. The summed E-state index contributed by atoms with van der Waals surface area (Å²) >= 11 is 3.52. The molecule has 1 aromatic rings. The van der Waals surface area contributed by atoms with Gasteiger partial charge in [-0.2, -0.15) is 0 Å². The quantitative estimate of drug-likeness (QED) is 0.425. The van der Waals surface area contributed by atoms with Gasteiger partial charge in [0.1, 0.15) is 5.76 Å². The number of ether oxygens (including phenoxy) is 1. The fraction of sp³-hybridized carbons (Fsp3) is 0.733. The molecule has 1 heterocycles. The summed E-state index contributed by atoms with van der Waals surface area (Å²) < 4.78 is 11.2. The van der Waals surface area contributed by atoms with E-state index in [2.05, 4.69) is 22.9 Å². The Labute approximate surface area is 119 Å². The standard InChI is InChI=1S/C15H25BrO2/c1-2-3-8-15(13-16)18-11-6-4-5-9-14-10-7-12-17-14/h7,10,12,15H,2-6,8-9,11,13H2,1H3. The third-order valence-corrected chi connectivity index (χ3v) is 3.78. The smallest absolute Gasteiger partial charge is 0.103 e. The van der Waals surface area contributed by atoms with E-state index in [4.69, 9.17) is 9.15 Å². The zero-order valence-corrected chi connectivity index (χ0v) is 13.0. The van der Waals surface area contributed by atoms with Crippen molar-refractivity contribution in [1.82, 2.24) is 0 Å². The van der Waals surface area contributed by atoms with E-state index in [0.717, 1.165) is 30.5 Å². The van der Waals surface area contributed by atoms with Gasteiger partial charge in [-0.15, -0.1) is 0 Å². The molecule has 0 N–H and O–H groups in total. The Hall–Kier alpha value is -0.280. The van der Waals surface area contributed by atoms with Crippen LogP contribution >= 0.6 is 15.9 Å². The van der Waals surface area contributed by atoms with Crippen molar-refractivity contribution in [2.45, 2.75) is 58.0 Å². The molecule has 1 unspecified atom stereocenters. The summed E-state index contributed by atoms with van der Waals surface area (Å²) in [7, 11) is 0. The molecule has 0 aliphatic rings. The van der Waals surface area contributed by atoms with Crippen LogP contribution in [-0.2, 0) is 11.2 Å². The Morgan fingerprint density at radius 1 is 1.28 bits per heavy atom. The van der Waals surface area contributed by atoms with E-state index in [-0.39, 0.29) is 0 Å². The summed E-state index contributed by atoms with van der Waals surface area (Å²) in [5, 5.41) is 0.958. The molecule has 0 saturated carbocycles. The van der Waals surface area contributed by atoms with Crippen LogP contribution in [0.25, 0.3) is 0 Å². The largest absolute Gasteiger partial charge is 0.469 e. The van der Waals surface area contributed by atoms with E-state index in [9.17, 15) is 0 Å². The number of unbranched alkanes of at least 4 members (excludes halogenated alkanes) is 3. The highest BCUT2D eigenvalue weighted by molar-refractivity contribution is 9.09. The minimum atomic E-state index is 0.398. The second kappa shape index (κ2) is 10.6. The molecule has 1 atom stereocenters. The van der Waals surface area contributed by atoms with Gasteiger partial charge >= 0.3 is 0 Å². The van der Waals surface area contributed by atoms with Crippen LogP contribution in [0.2, 0.25) is 0 Å². The SMILES string of the molecule is CCCCC(CBr)OCCCCCc1ccco1. The zero-order chi connectivity index (χ0) is 13.1. The minimum absolute atomic E-state index is 0.398. The predicted molar refractivity (Wildman–Crippen MR) is 79.3 cm³/mol. The van der Waals surface area contributed by atoms with Crippen molar-refractivity contribution < 1.29 is 9.15 Å². The minimum Gasteiger partial charge on any atom is -0.469 e. The van der Waals surface area contributed by atoms with Crippen molar-refractivity contribution in [3.05, 3.63) is 24.2 Å². The lowest BCUT2D eigenvalue weighted by atomic mass is 10.1. The molecule has 18 heavy (non-hydrogen) atoms. The normalized spacial score (nSPS) is 12.8. The van der Waals surface area contributed by atoms with Crippen molar-refractivity contribution >= 4 is 15.9 Å². The highest BCUT2D eigenvalue weighted by Crippen LogP contribution is 2.10. The van der Waals surface area contributed by atoms with Gasteiger partial charge in [0.2, 0.25) is 0 Å². The molecule has 1 aromatic heterocycles. The van der Waals surface area contributed by atoms with Gasteiger partial charge in [0.15, 0.2) is 0 Å². The number of hydrogen-bond acceptors (Lipinski definition) is 2. The number of furan rings is 1. The maximum Gasteiger partial charge on any atom is 0.103 e. The molecule has 0 saturated heterocycles. The lowest BCUT2D eigenvalue weighted by molar-refractivity contribution is 0.0600. The topological polar surface area (TPSA) is 22.4 Å². The molecule has 0 fully saturated rings. The molecular formula is C15H25BrO2. The molecule has 1 rings (SSSR count). The van der Waals surface area contributed by atoms with Gasteiger partial charge in [-0.1, -0.05) is 42.1 Å². The van der Waals surface area contributed by atoms with Crippen LogP contribution in [0.3, 0.4) is 0 Å². The zero-order valence-electron chi connectivity index (χ0n) is 11.4. The first-order chi connectivity index (χ1) is 8.86. The summed E-state index contributed by atoms with van der Waals surface area (Å²) in [6, 6.07) is 3.99. The van der Waals surface area contributed by atoms with E-state index < -0.39 is 0 Å². The summed E-state index contributed by atoms with van der Waals surface area (Å²) in [5.41, 5.74) is 0. The summed E-state index contributed by atoms with van der Waals surface area (Å²) in [6.07, 6.45) is 10.4. The second-order valence-electron chi connectivity index (χ2n) is 4.68. The van der Waals surface area contributed by atoms with Crippen LogP contribution in [0.4, 0.5) is 0 Å². The number of hydrogen-bond donors (Lipinski definition) is 0. The molecule has 104 valence electrons. The van der Waals surface area contributed by atoms with Crippen LogP contribution in [0.15, 0.2) is 22.8 Å². The lowest BCUT2D eigenvalue weighted by Gasteiger charge is -2.14. The second-order valence-corrected chi connectivity index (χ2v) is 5.33. The van der Waals surface area contributed by atoms with Gasteiger partial charge in [-0.05, 0) is 31.4 Å². The van der Waals surface area contributed by atoms with Gasteiger partial charge in [-0.3, -0.25) is 0 Å². The lowest BCUT2D eigenvalue weighted by Crippen LogP contribution is -2.15.